The van der Waals surface area contributed by atoms with Gasteiger partial charge in [0.15, 0.2) is 0 Å². The lowest BCUT2D eigenvalue weighted by Crippen LogP contribution is -2.43. The van der Waals surface area contributed by atoms with E-state index in [1.807, 2.05) is 17.0 Å². The van der Waals surface area contributed by atoms with Gasteiger partial charge in [-0.15, -0.1) is 0 Å². The Balaban J connectivity index is 1.32. The van der Waals surface area contributed by atoms with Gasteiger partial charge in [-0.2, -0.15) is 5.26 Å². The first kappa shape index (κ1) is 21.0. The molecular weight excluding hydrogens is 421 g/mol. The van der Waals surface area contributed by atoms with Crippen LogP contribution in [0.5, 0.6) is 0 Å². The predicted octanol–water partition coefficient (Wildman–Crippen LogP) is 2.51. The van der Waals surface area contributed by atoms with Crippen molar-refractivity contribution in [1.29, 1.82) is 5.26 Å². The van der Waals surface area contributed by atoms with Crippen molar-refractivity contribution in [2.75, 3.05) is 54.4 Å². The first-order valence-corrected chi connectivity index (χ1v) is 11.0. The molecule has 1 unspecified atom stereocenters. The summed E-state index contributed by atoms with van der Waals surface area (Å²) in [7, 11) is 0. The van der Waals surface area contributed by atoms with E-state index in [0.29, 0.717) is 41.6 Å². The molecule has 0 spiro atoms. The van der Waals surface area contributed by atoms with Crippen LogP contribution < -0.4 is 20.4 Å². The fourth-order valence-electron chi connectivity index (χ4n) is 4.09. The minimum absolute atomic E-state index is 0.268. The summed E-state index contributed by atoms with van der Waals surface area (Å²) in [6.45, 7) is 4.62. The van der Waals surface area contributed by atoms with Gasteiger partial charge in [-0.1, -0.05) is 0 Å². The van der Waals surface area contributed by atoms with E-state index in [1.165, 1.54) is 0 Å². The summed E-state index contributed by atoms with van der Waals surface area (Å²) in [6.07, 6.45) is 4.67. The van der Waals surface area contributed by atoms with Crippen LogP contribution >= 0.6 is 0 Å². The van der Waals surface area contributed by atoms with Crippen molar-refractivity contribution in [3.05, 3.63) is 48.4 Å². The first-order chi connectivity index (χ1) is 16.2. The van der Waals surface area contributed by atoms with Crippen LogP contribution in [-0.2, 0) is 0 Å². The van der Waals surface area contributed by atoms with Gasteiger partial charge in [0.25, 0.3) is 0 Å². The molecule has 0 saturated carbocycles. The van der Waals surface area contributed by atoms with Crippen molar-refractivity contribution in [2.24, 2.45) is 0 Å². The average molecular weight is 446 g/mol. The van der Waals surface area contributed by atoms with Crippen molar-refractivity contribution in [3.63, 3.8) is 0 Å². The smallest absolute Gasteiger partial charge is 0.227 e. The Morgan fingerprint density at radius 1 is 1.06 bits per heavy atom. The Bertz CT molecular complexity index is 1160. The Labute approximate surface area is 191 Å². The van der Waals surface area contributed by atoms with Gasteiger partial charge in [-0.05, 0) is 30.7 Å². The summed E-state index contributed by atoms with van der Waals surface area (Å²) in [6, 6.07) is 9.63. The number of hydrogen-bond acceptors (Lipinski definition) is 9. The zero-order valence-electron chi connectivity index (χ0n) is 18.1. The molecule has 0 aliphatic carbocycles. The molecule has 2 N–H and O–H groups in total. The maximum atomic E-state index is 13.6. The maximum absolute atomic E-state index is 13.6. The number of nitrogens with one attached hydrogen (secondary N) is 2. The normalized spacial score (nSPS) is 18.2. The molecule has 3 aromatic heterocycles. The number of nitriles is 1. The molecule has 1 atom stereocenters. The third-order valence-electron chi connectivity index (χ3n) is 5.81. The number of aromatic nitrogens is 4. The van der Waals surface area contributed by atoms with E-state index in [0.717, 1.165) is 37.7 Å². The number of nitrogens with zero attached hydrogens (tertiary/aromatic N) is 7. The summed E-state index contributed by atoms with van der Waals surface area (Å²) in [5, 5.41) is 16.1. The van der Waals surface area contributed by atoms with Crippen LogP contribution in [0.2, 0.25) is 0 Å². The molecule has 3 aromatic rings. The van der Waals surface area contributed by atoms with Crippen molar-refractivity contribution < 1.29 is 4.39 Å². The fraction of sp³-hybridized carbons (Fsp3) is 0.348. The van der Waals surface area contributed by atoms with Crippen LogP contribution in [0.15, 0.2) is 42.9 Å². The summed E-state index contributed by atoms with van der Waals surface area (Å²) in [5.74, 6) is 1.89. The molecule has 0 aromatic carbocycles. The molecule has 2 aliphatic heterocycles. The predicted molar refractivity (Wildman–Crippen MR) is 124 cm³/mol. The third-order valence-corrected chi connectivity index (χ3v) is 5.81. The zero-order valence-corrected chi connectivity index (χ0v) is 18.1. The molecule has 9 nitrogen and oxygen atoms in total. The number of alkyl halides is 1. The lowest BCUT2D eigenvalue weighted by atomic mass is 10.1. The molecule has 0 bridgehead atoms. The zero-order chi connectivity index (χ0) is 22.6. The minimum Gasteiger partial charge on any atom is -0.354 e. The molecule has 0 amide bonds. The van der Waals surface area contributed by atoms with Crippen LogP contribution in [0, 0.1) is 11.3 Å². The second-order valence-electron chi connectivity index (χ2n) is 8.07. The van der Waals surface area contributed by atoms with Crippen LogP contribution in [-0.4, -0.2) is 65.4 Å². The van der Waals surface area contributed by atoms with Crippen molar-refractivity contribution in [2.45, 2.75) is 12.6 Å². The molecule has 5 heterocycles. The molecular formula is C23H24FN9. The first-order valence-electron chi connectivity index (χ1n) is 11.0. The average Bonchev–Trinajstić information content (AvgIpc) is 3.31. The molecule has 2 aliphatic rings. The summed E-state index contributed by atoms with van der Waals surface area (Å²) in [4.78, 5) is 21.9. The highest BCUT2D eigenvalue weighted by Gasteiger charge is 2.25. The molecule has 2 saturated heterocycles. The number of piperazine rings is 1. The number of halogens is 1. The summed E-state index contributed by atoms with van der Waals surface area (Å²) < 4.78 is 13.6. The van der Waals surface area contributed by atoms with Crippen LogP contribution in [0.1, 0.15) is 12.0 Å². The lowest BCUT2D eigenvalue weighted by Gasteiger charge is -2.28. The quantitative estimate of drug-likeness (QED) is 0.613. The molecule has 5 rings (SSSR count). The number of rotatable bonds is 5. The van der Waals surface area contributed by atoms with E-state index in [1.54, 1.807) is 30.7 Å². The number of hydrogen-bond donors (Lipinski definition) is 2. The van der Waals surface area contributed by atoms with Gasteiger partial charge in [0.05, 0.1) is 29.7 Å². The highest BCUT2D eigenvalue weighted by Crippen LogP contribution is 2.27. The van der Waals surface area contributed by atoms with Gasteiger partial charge in [-0.3, -0.25) is 0 Å². The van der Waals surface area contributed by atoms with Crippen molar-refractivity contribution >= 4 is 23.3 Å². The van der Waals surface area contributed by atoms with E-state index in [9.17, 15) is 9.65 Å². The van der Waals surface area contributed by atoms with Crippen LogP contribution in [0.3, 0.4) is 0 Å². The molecule has 10 heteroatoms. The van der Waals surface area contributed by atoms with Gasteiger partial charge in [0, 0.05) is 50.7 Å². The number of pyridine rings is 2. The maximum Gasteiger partial charge on any atom is 0.227 e. The van der Waals surface area contributed by atoms with Crippen LogP contribution in [0.4, 0.5) is 27.7 Å². The second kappa shape index (κ2) is 9.34. The highest BCUT2D eigenvalue weighted by atomic mass is 19.1. The van der Waals surface area contributed by atoms with E-state index in [4.69, 9.17) is 0 Å². The Morgan fingerprint density at radius 2 is 1.94 bits per heavy atom. The largest absolute Gasteiger partial charge is 0.354 e. The monoisotopic (exact) mass is 445 g/mol. The van der Waals surface area contributed by atoms with Gasteiger partial charge in [-0.25, -0.2) is 24.3 Å². The Kier molecular flexibility index (Phi) is 5.95. The summed E-state index contributed by atoms with van der Waals surface area (Å²) >= 11 is 0. The van der Waals surface area contributed by atoms with Gasteiger partial charge >= 0.3 is 0 Å². The van der Waals surface area contributed by atoms with E-state index < -0.39 is 6.17 Å². The minimum atomic E-state index is -0.881. The third kappa shape index (κ3) is 4.68. The number of anilines is 4. The lowest BCUT2D eigenvalue weighted by molar-refractivity contribution is 0.364. The Hall–Kier alpha value is -3.84. The van der Waals surface area contributed by atoms with E-state index in [-0.39, 0.29) is 6.54 Å². The van der Waals surface area contributed by atoms with Crippen molar-refractivity contribution in [3.8, 4) is 17.3 Å². The van der Waals surface area contributed by atoms with Crippen molar-refractivity contribution in [1.82, 2.24) is 25.3 Å². The van der Waals surface area contributed by atoms with Gasteiger partial charge in [0.2, 0.25) is 5.95 Å². The Morgan fingerprint density at radius 3 is 2.67 bits per heavy atom. The molecule has 2 fully saturated rings. The molecule has 0 radical (unpaired) electrons. The van der Waals surface area contributed by atoms with E-state index in [2.05, 4.69) is 41.5 Å². The standard InChI is InChI=1S/C23H24FN9/c24-18-4-8-33(15-18)22-16(12-25)11-17(13-29-22)20-3-5-27-23(31-20)30-19-1-2-21(28-14-19)32-9-6-26-7-10-32/h1-3,5,11,13-14,18,26H,4,6-10,15H2,(H,27,30,31). The SMILES string of the molecule is N#Cc1cc(-c2ccnc(Nc3ccc(N4CCNCC4)nc3)n2)cnc1N1CCC(F)C1. The molecule has 33 heavy (non-hydrogen) atoms. The fourth-order valence-corrected chi connectivity index (χ4v) is 4.09. The molecule has 168 valence electrons. The van der Waals surface area contributed by atoms with Crippen LogP contribution in [0.25, 0.3) is 11.3 Å². The van der Waals surface area contributed by atoms with E-state index >= 15 is 0 Å². The topological polar surface area (TPSA) is 106 Å². The van der Waals surface area contributed by atoms with Gasteiger partial charge in [0.1, 0.15) is 23.9 Å². The summed E-state index contributed by atoms with van der Waals surface area (Å²) in [5.41, 5.74) is 2.52. The highest BCUT2D eigenvalue weighted by molar-refractivity contribution is 5.67. The second-order valence-corrected chi connectivity index (χ2v) is 8.07. The van der Waals surface area contributed by atoms with Gasteiger partial charge < -0.3 is 20.4 Å².